The van der Waals surface area contributed by atoms with Crippen molar-refractivity contribution >= 4 is 17.4 Å². The van der Waals surface area contributed by atoms with Crippen LogP contribution in [0.3, 0.4) is 0 Å². The fourth-order valence-electron chi connectivity index (χ4n) is 2.14. The lowest BCUT2D eigenvalue weighted by Crippen LogP contribution is -2.40. The molecule has 0 atom stereocenters. The Morgan fingerprint density at radius 2 is 2.06 bits per heavy atom. The maximum atomic E-state index is 12.7. The van der Waals surface area contributed by atoms with Crippen LogP contribution in [0.15, 0.2) is 6.20 Å². The second kappa shape index (κ2) is 6.34. The molecule has 4 nitrogen and oxygen atoms in total. The fraction of sp³-hybridized carbons (Fsp3) is 0.692. The van der Waals surface area contributed by atoms with Crippen molar-refractivity contribution in [1.82, 2.24) is 9.78 Å². The Morgan fingerprint density at radius 3 is 2.50 bits per heavy atom. The van der Waals surface area contributed by atoms with Crippen LogP contribution in [0.4, 0.5) is 0 Å². The molecule has 0 aliphatic carbocycles. The van der Waals surface area contributed by atoms with Gasteiger partial charge in [0.05, 0.1) is 11.2 Å². The first-order valence-electron chi connectivity index (χ1n) is 6.37. The molecule has 0 aromatic carbocycles. The van der Waals surface area contributed by atoms with Gasteiger partial charge in [-0.2, -0.15) is 5.10 Å². The molecule has 0 bridgehead atoms. The van der Waals surface area contributed by atoms with Gasteiger partial charge < -0.3 is 4.74 Å². The van der Waals surface area contributed by atoms with Crippen molar-refractivity contribution in [2.45, 2.75) is 52.2 Å². The van der Waals surface area contributed by atoms with Crippen LogP contribution in [-0.4, -0.2) is 28.3 Å². The summed E-state index contributed by atoms with van der Waals surface area (Å²) in [5.41, 5.74) is -0.334. The zero-order valence-electron chi connectivity index (χ0n) is 11.5. The smallest absolute Gasteiger partial charge is 0.214 e. The molecule has 0 N–H and O–H groups in total. The summed E-state index contributed by atoms with van der Waals surface area (Å²) in [6.07, 6.45) is 3.66. The number of ketones is 1. The number of halogens is 1. The molecule has 0 aliphatic rings. The predicted molar refractivity (Wildman–Crippen MR) is 72.2 cm³/mol. The molecular formula is C13H21ClN2O2. The molecule has 0 saturated carbocycles. The fourth-order valence-corrected chi connectivity index (χ4v) is 2.36. The summed E-state index contributed by atoms with van der Waals surface area (Å²) in [7, 11) is 1.57. The van der Waals surface area contributed by atoms with Gasteiger partial charge in [0.15, 0.2) is 0 Å². The summed E-state index contributed by atoms with van der Waals surface area (Å²) in [6, 6.07) is 0. The molecule has 1 heterocycles. The van der Waals surface area contributed by atoms with Crippen LogP contribution in [0, 0.1) is 0 Å². The zero-order valence-corrected chi connectivity index (χ0v) is 12.3. The van der Waals surface area contributed by atoms with Gasteiger partial charge in [-0.05, 0) is 19.3 Å². The van der Waals surface area contributed by atoms with Crippen molar-refractivity contribution in [2.24, 2.45) is 0 Å². The third-order valence-electron chi connectivity index (χ3n) is 3.39. The Labute approximate surface area is 113 Å². The minimum absolute atomic E-state index is 0.0778. The largest absolute Gasteiger partial charge is 0.370 e. The summed E-state index contributed by atoms with van der Waals surface area (Å²) < 4.78 is 7.13. The minimum Gasteiger partial charge on any atom is -0.370 e. The predicted octanol–water partition coefficient (Wildman–Crippen LogP) is 3.33. The summed E-state index contributed by atoms with van der Waals surface area (Å²) in [5, 5.41) is 4.55. The number of hydrogen-bond donors (Lipinski definition) is 0. The molecule has 0 amide bonds. The van der Waals surface area contributed by atoms with E-state index < -0.39 is 5.60 Å². The van der Waals surface area contributed by atoms with Gasteiger partial charge in [0.25, 0.3) is 0 Å². The lowest BCUT2D eigenvalue weighted by Gasteiger charge is -2.28. The highest BCUT2D eigenvalue weighted by Crippen LogP contribution is 2.28. The topological polar surface area (TPSA) is 44.1 Å². The molecule has 1 rings (SSSR count). The van der Waals surface area contributed by atoms with Gasteiger partial charge in [-0.15, -0.1) is 0 Å². The average Bonchev–Trinajstić information content (AvgIpc) is 2.73. The monoisotopic (exact) mass is 272 g/mol. The first-order chi connectivity index (χ1) is 8.56. The standard InChI is InChI=1S/C13H21ClN2O2/c1-5-8-16-11(10(14)9-15-16)12(17)13(6-2,7-3)18-4/h9H,5-8H2,1-4H3. The first-order valence-corrected chi connectivity index (χ1v) is 6.75. The van der Waals surface area contributed by atoms with Crippen LogP contribution in [-0.2, 0) is 11.3 Å². The van der Waals surface area contributed by atoms with E-state index in [1.807, 2.05) is 20.8 Å². The van der Waals surface area contributed by atoms with Gasteiger partial charge in [0.2, 0.25) is 5.78 Å². The molecule has 1 aromatic heterocycles. The van der Waals surface area contributed by atoms with Crippen LogP contribution < -0.4 is 0 Å². The molecule has 0 fully saturated rings. The van der Waals surface area contributed by atoms with Gasteiger partial charge in [-0.1, -0.05) is 32.4 Å². The molecule has 0 spiro atoms. The van der Waals surface area contributed by atoms with Crippen LogP contribution in [0.2, 0.25) is 5.02 Å². The Balaban J connectivity index is 3.20. The second-order valence-electron chi connectivity index (χ2n) is 4.30. The van der Waals surface area contributed by atoms with Crippen LogP contribution in [0.1, 0.15) is 50.5 Å². The highest BCUT2D eigenvalue weighted by molar-refractivity contribution is 6.34. The van der Waals surface area contributed by atoms with E-state index in [4.69, 9.17) is 16.3 Å². The number of hydrogen-bond acceptors (Lipinski definition) is 3. The molecule has 0 radical (unpaired) electrons. The van der Waals surface area contributed by atoms with Crippen molar-refractivity contribution in [1.29, 1.82) is 0 Å². The Bertz CT molecular complexity index is 403. The zero-order chi connectivity index (χ0) is 13.8. The first kappa shape index (κ1) is 15.2. The lowest BCUT2D eigenvalue weighted by molar-refractivity contribution is -0.00344. The van der Waals surface area contributed by atoms with E-state index in [9.17, 15) is 4.79 Å². The van der Waals surface area contributed by atoms with E-state index in [2.05, 4.69) is 5.10 Å². The number of ether oxygens (including phenoxy) is 1. The number of methoxy groups -OCH3 is 1. The molecule has 0 unspecified atom stereocenters. The number of aromatic nitrogens is 2. The molecule has 18 heavy (non-hydrogen) atoms. The van der Waals surface area contributed by atoms with Gasteiger partial charge in [-0.25, -0.2) is 0 Å². The number of aryl methyl sites for hydroxylation is 1. The van der Waals surface area contributed by atoms with E-state index in [1.165, 1.54) is 6.20 Å². The third kappa shape index (κ3) is 2.59. The highest BCUT2D eigenvalue weighted by atomic mass is 35.5. The summed E-state index contributed by atoms with van der Waals surface area (Å²) in [6.45, 7) is 6.60. The second-order valence-corrected chi connectivity index (χ2v) is 4.71. The van der Waals surface area contributed by atoms with Crippen LogP contribution in [0.5, 0.6) is 0 Å². The summed E-state index contributed by atoms with van der Waals surface area (Å²) in [5.74, 6) is -0.0778. The average molecular weight is 273 g/mol. The number of carbonyl (C=O) groups excluding carboxylic acids is 1. The quantitative estimate of drug-likeness (QED) is 0.715. The Hall–Kier alpha value is -0.870. The van der Waals surface area contributed by atoms with Crippen LogP contribution in [0.25, 0.3) is 0 Å². The highest BCUT2D eigenvalue weighted by Gasteiger charge is 2.38. The normalized spacial score (nSPS) is 11.8. The summed E-state index contributed by atoms with van der Waals surface area (Å²) >= 11 is 6.09. The number of rotatable bonds is 7. The molecule has 5 heteroatoms. The van der Waals surface area contributed by atoms with E-state index in [-0.39, 0.29) is 5.78 Å². The minimum atomic E-state index is -0.796. The maximum Gasteiger partial charge on any atom is 0.214 e. The van der Waals surface area contributed by atoms with Gasteiger partial charge in [0, 0.05) is 13.7 Å². The van der Waals surface area contributed by atoms with Gasteiger partial charge in [0.1, 0.15) is 11.3 Å². The molecule has 102 valence electrons. The Kier molecular flexibility index (Phi) is 5.35. The van der Waals surface area contributed by atoms with E-state index in [0.29, 0.717) is 30.1 Å². The van der Waals surface area contributed by atoms with Crippen molar-refractivity contribution in [2.75, 3.05) is 7.11 Å². The third-order valence-corrected chi connectivity index (χ3v) is 3.67. The molecule has 0 aliphatic heterocycles. The SMILES string of the molecule is CCCn1ncc(Cl)c1C(=O)C(CC)(CC)OC. The summed E-state index contributed by atoms with van der Waals surface area (Å²) in [4.78, 5) is 12.7. The molecule has 0 saturated heterocycles. The lowest BCUT2D eigenvalue weighted by atomic mass is 9.90. The Morgan fingerprint density at radius 1 is 1.44 bits per heavy atom. The van der Waals surface area contributed by atoms with E-state index >= 15 is 0 Å². The van der Waals surface area contributed by atoms with Crippen molar-refractivity contribution in [3.63, 3.8) is 0 Å². The number of Topliss-reactive ketones (excluding diaryl/α,β-unsaturated/α-hetero) is 1. The maximum absolute atomic E-state index is 12.7. The molecule has 1 aromatic rings. The van der Waals surface area contributed by atoms with Crippen LogP contribution >= 0.6 is 11.6 Å². The van der Waals surface area contributed by atoms with E-state index in [0.717, 1.165) is 6.42 Å². The van der Waals surface area contributed by atoms with E-state index in [1.54, 1.807) is 11.8 Å². The van der Waals surface area contributed by atoms with Gasteiger partial charge in [-0.3, -0.25) is 9.48 Å². The number of carbonyl (C=O) groups is 1. The van der Waals surface area contributed by atoms with Crippen molar-refractivity contribution in [3.8, 4) is 0 Å². The molecular weight excluding hydrogens is 252 g/mol. The van der Waals surface area contributed by atoms with Gasteiger partial charge >= 0.3 is 0 Å². The van der Waals surface area contributed by atoms with Crippen molar-refractivity contribution in [3.05, 3.63) is 16.9 Å². The van der Waals surface area contributed by atoms with Crippen molar-refractivity contribution < 1.29 is 9.53 Å². The number of nitrogens with zero attached hydrogens (tertiary/aromatic N) is 2.